The number of halogens is 1. The van der Waals surface area contributed by atoms with Gasteiger partial charge in [-0.1, -0.05) is 0 Å². The third-order valence-corrected chi connectivity index (χ3v) is 5.21. The van der Waals surface area contributed by atoms with Gasteiger partial charge in [-0.2, -0.15) is 0 Å². The molecule has 4 heterocycles. The molecule has 4 rings (SSSR count). The number of carbonyl (C=O) groups excluding carboxylic acids is 1. The molecule has 0 radical (unpaired) electrons. The first-order chi connectivity index (χ1) is 13.6. The van der Waals surface area contributed by atoms with Crippen LogP contribution in [0.1, 0.15) is 16.1 Å². The molecule has 0 spiro atoms. The van der Waals surface area contributed by atoms with Crippen LogP contribution in [0.3, 0.4) is 0 Å². The van der Waals surface area contributed by atoms with Crippen molar-refractivity contribution in [3.8, 4) is 0 Å². The number of amides is 1. The summed E-state index contributed by atoms with van der Waals surface area (Å²) in [5.41, 5.74) is 7.66. The van der Waals surface area contributed by atoms with Crippen LogP contribution in [0.2, 0.25) is 0 Å². The average Bonchev–Trinajstić information content (AvgIpc) is 3.07. The fraction of sp³-hybridized carbons (Fsp3) is 0.235. The highest BCUT2D eigenvalue weighted by atomic mass is 79.9. The lowest BCUT2D eigenvalue weighted by Crippen LogP contribution is -2.40. The number of nitrogens with two attached hydrogens (primary N) is 1. The molecule has 1 amide bonds. The van der Waals surface area contributed by atoms with Crippen molar-refractivity contribution >= 4 is 56.4 Å². The predicted molar refractivity (Wildman–Crippen MR) is 108 cm³/mol. The van der Waals surface area contributed by atoms with Crippen LogP contribution in [0.25, 0.3) is 11.0 Å². The van der Waals surface area contributed by atoms with E-state index in [0.29, 0.717) is 70.4 Å². The van der Waals surface area contributed by atoms with E-state index in [1.54, 1.807) is 11.0 Å². The second-order valence-electron chi connectivity index (χ2n) is 6.13. The zero-order chi connectivity index (χ0) is 19.7. The van der Waals surface area contributed by atoms with E-state index in [1.165, 1.54) is 12.5 Å². The van der Waals surface area contributed by atoms with Gasteiger partial charge in [-0.05, 0) is 22.0 Å². The first-order valence-electron chi connectivity index (χ1n) is 8.50. The molecule has 3 aromatic rings. The van der Waals surface area contributed by atoms with Crippen molar-refractivity contribution in [1.82, 2.24) is 24.8 Å². The third-order valence-electron chi connectivity index (χ3n) is 4.41. The van der Waals surface area contributed by atoms with E-state index in [0.717, 1.165) is 6.21 Å². The fourth-order valence-corrected chi connectivity index (χ4v) is 3.59. The number of nitrogens with zero attached hydrogens (tertiary/aromatic N) is 4. The lowest BCUT2D eigenvalue weighted by Gasteiger charge is -2.26. The molecule has 1 aliphatic rings. The molecule has 11 heteroatoms. The highest BCUT2D eigenvalue weighted by Gasteiger charge is 2.25. The number of aromatic nitrogens is 4. The largest absolute Gasteiger partial charge is 0.397 e. The number of morpholine rings is 1. The van der Waals surface area contributed by atoms with Crippen LogP contribution < -0.4 is 11.1 Å². The van der Waals surface area contributed by atoms with Crippen LogP contribution in [-0.2, 0) is 4.74 Å². The Balaban J connectivity index is 1.71. The quantitative estimate of drug-likeness (QED) is 0.449. The molecule has 10 nitrogen and oxygen atoms in total. The number of H-pyrrole nitrogens is 1. The second kappa shape index (κ2) is 7.52. The molecule has 1 aliphatic heterocycles. The summed E-state index contributed by atoms with van der Waals surface area (Å²) in [5.74, 6) is 0.819. The molecular weight excluding hydrogens is 428 g/mol. The van der Waals surface area contributed by atoms with E-state index in [1.807, 2.05) is 0 Å². The Morgan fingerprint density at radius 1 is 1.36 bits per heavy atom. The van der Waals surface area contributed by atoms with Gasteiger partial charge in [-0.15, -0.1) is 0 Å². The summed E-state index contributed by atoms with van der Waals surface area (Å²) in [6.45, 7) is 2.13. The Labute approximate surface area is 168 Å². The molecule has 1 fully saturated rings. The third kappa shape index (κ3) is 3.29. The Kier molecular flexibility index (Phi) is 4.92. The van der Waals surface area contributed by atoms with Crippen LogP contribution in [0.15, 0.2) is 23.1 Å². The molecule has 0 atom stereocenters. The Morgan fingerprint density at radius 2 is 2.14 bits per heavy atom. The highest BCUT2D eigenvalue weighted by Crippen LogP contribution is 2.33. The minimum atomic E-state index is -0.129. The van der Waals surface area contributed by atoms with Crippen LogP contribution in [0.5, 0.6) is 0 Å². The molecule has 0 bridgehead atoms. The van der Waals surface area contributed by atoms with Crippen molar-refractivity contribution in [2.75, 3.05) is 37.4 Å². The number of nitrogen functional groups attached to an aromatic ring is 1. The zero-order valence-electron chi connectivity index (χ0n) is 14.7. The van der Waals surface area contributed by atoms with Crippen molar-refractivity contribution in [3.63, 3.8) is 0 Å². The van der Waals surface area contributed by atoms with Crippen molar-refractivity contribution in [3.05, 3.63) is 34.3 Å². The molecule has 0 aliphatic carbocycles. The fourth-order valence-electron chi connectivity index (χ4n) is 2.95. The summed E-state index contributed by atoms with van der Waals surface area (Å²) in [6, 6.07) is 1.65. The number of carbonyl (C=O) groups is 1. The summed E-state index contributed by atoms with van der Waals surface area (Å²) in [5, 5.41) is 11.2. The van der Waals surface area contributed by atoms with E-state index in [-0.39, 0.29) is 5.91 Å². The zero-order valence-corrected chi connectivity index (χ0v) is 16.3. The highest BCUT2D eigenvalue weighted by molar-refractivity contribution is 9.10. The maximum atomic E-state index is 12.9. The topological polar surface area (TPSA) is 146 Å². The number of aromatic amines is 1. The number of hydrogen-bond donors (Lipinski definition) is 4. The number of ether oxygens (including phenoxy) is 1. The van der Waals surface area contributed by atoms with Crippen molar-refractivity contribution in [1.29, 1.82) is 5.41 Å². The smallest absolute Gasteiger partial charge is 0.271 e. The van der Waals surface area contributed by atoms with Crippen molar-refractivity contribution in [2.24, 2.45) is 0 Å². The van der Waals surface area contributed by atoms with E-state index in [9.17, 15) is 4.79 Å². The van der Waals surface area contributed by atoms with E-state index in [2.05, 4.69) is 41.2 Å². The van der Waals surface area contributed by atoms with Gasteiger partial charge in [-0.3, -0.25) is 4.79 Å². The molecule has 3 aromatic heterocycles. The summed E-state index contributed by atoms with van der Waals surface area (Å²) in [7, 11) is 0. The standard InChI is InChI=1S/C17H17BrN8O2/c18-13-12-15(24-11-5-9(6-19)10(20)7-21-11)22-8-23-16(12)25-14(13)17(27)26-1-3-28-4-2-26/h5-8,19H,1-4,20H2,(H2,21,22,23,24,25). The molecule has 144 valence electrons. The molecule has 5 N–H and O–H groups in total. The van der Waals surface area contributed by atoms with Gasteiger partial charge in [0.1, 0.15) is 29.3 Å². The summed E-state index contributed by atoms with van der Waals surface area (Å²) in [6.07, 6.45) is 4.02. The van der Waals surface area contributed by atoms with Gasteiger partial charge >= 0.3 is 0 Å². The SMILES string of the molecule is N=Cc1cc(Nc2ncnc3[nH]c(C(=O)N4CCOCC4)c(Br)c23)ncc1N. The maximum absolute atomic E-state index is 12.9. The molecule has 1 saturated heterocycles. The molecule has 0 unspecified atom stereocenters. The normalized spacial score (nSPS) is 14.2. The number of anilines is 3. The van der Waals surface area contributed by atoms with E-state index >= 15 is 0 Å². The molecule has 0 aromatic carbocycles. The summed E-state index contributed by atoms with van der Waals surface area (Å²) < 4.78 is 5.88. The second-order valence-corrected chi connectivity index (χ2v) is 6.93. The first kappa shape index (κ1) is 18.3. The summed E-state index contributed by atoms with van der Waals surface area (Å²) in [4.78, 5) is 30.4. The van der Waals surface area contributed by atoms with Gasteiger partial charge in [-0.25, -0.2) is 15.0 Å². The Hall–Kier alpha value is -3.05. The summed E-state index contributed by atoms with van der Waals surface area (Å²) >= 11 is 3.52. The first-order valence-corrected chi connectivity index (χ1v) is 9.30. The molecule has 0 saturated carbocycles. The lowest BCUT2D eigenvalue weighted by atomic mass is 10.2. The van der Waals surface area contributed by atoms with E-state index in [4.69, 9.17) is 15.9 Å². The number of pyridine rings is 1. The molecule has 28 heavy (non-hydrogen) atoms. The van der Waals surface area contributed by atoms with Crippen LogP contribution in [0, 0.1) is 5.41 Å². The average molecular weight is 445 g/mol. The Bertz CT molecular complexity index is 1060. The van der Waals surface area contributed by atoms with Gasteiger partial charge in [0.2, 0.25) is 0 Å². The van der Waals surface area contributed by atoms with Gasteiger partial charge in [0.05, 0.1) is 35.0 Å². The monoisotopic (exact) mass is 444 g/mol. The minimum Gasteiger partial charge on any atom is -0.397 e. The maximum Gasteiger partial charge on any atom is 0.271 e. The van der Waals surface area contributed by atoms with Gasteiger partial charge < -0.3 is 31.1 Å². The number of hydrogen-bond acceptors (Lipinski definition) is 8. The van der Waals surface area contributed by atoms with Gasteiger partial charge in [0.25, 0.3) is 5.91 Å². The van der Waals surface area contributed by atoms with Gasteiger partial charge in [0.15, 0.2) is 0 Å². The van der Waals surface area contributed by atoms with Crippen LogP contribution in [0.4, 0.5) is 17.3 Å². The van der Waals surface area contributed by atoms with Gasteiger partial charge in [0, 0.05) is 24.9 Å². The number of fused-ring (bicyclic) bond motifs is 1. The lowest BCUT2D eigenvalue weighted by molar-refractivity contribution is 0.0299. The minimum absolute atomic E-state index is 0.129. The van der Waals surface area contributed by atoms with Crippen molar-refractivity contribution in [2.45, 2.75) is 0 Å². The number of rotatable bonds is 4. The number of nitrogens with one attached hydrogen (secondary N) is 3. The molecular formula is C17H17BrN8O2. The van der Waals surface area contributed by atoms with Crippen molar-refractivity contribution < 1.29 is 9.53 Å². The van der Waals surface area contributed by atoms with Crippen LogP contribution in [-0.4, -0.2) is 63.3 Å². The van der Waals surface area contributed by atoms with Crippen LogP contribution >= 0.6 is 15.9 Å². The van der Waals surface area contributed by atoms with E-state index < -0.39 is 0 Å². The Morgan fingerprint density at radius 3 is 2.89 bits per heavy atom. The predicted octanol–water partition coefficient (Wildman–Crippen LogP) is 1.91.